The number of nitrogens with zero attached hydrogens (tertiary/aromatic N) is 3. The molecule has 4 nitrogen and oxygen atoms in total. The zero-order valence-electron chi connectivity index (χ0n) is 10.5. The summed E-state index contributed by atoms with van der Waals surface area (Å²) in [5.41, 5.74) is 6.69. The summed E-state index contributed by atoms with van der Waals surface area (Å²) in [4.78, 5) is 6.33. The van der Waals surface area contributed by atoms with Crippen molar-refractivity contribution in [1.82, 2.24) is 4.98 Å². The Kier molecular flexibility index (Phi) is 5.11. The van der Waals surface area contributed by atoms with Gasteiger partial charge in [-0.3, -0.25) is 0 Å². The molecule has 0 saturated heterocycles. The predicted molar refractivity (Wildman–Crippen MR) is 74.2 cm³/mol. The molecule has 5 heteroatoms. The summed E-state index contributed by atoms with van der Waals surface area (Å²) in [6.07, 6.45) is 4.70. The third-order valence-electron chi connectivity index (χ3n) is 2.72. The van der Waals surface area contributed by atoms with Crippen LogP contribution < -0.4 is 10.6 Å². The molecule has 1 aromatic heterocycles. The lowest BCUT2D eigenvalue weighted by Crippen LogP contribution is -2.34. The summed E-state index contributed by atoms with van der Waals surface area (Å²) in [7, 11) is 1.98. The molecule has 0 bridgehead atoms. The molecule has 1 aromatic rings. The molecule has 0 spiro atoms. The summed E-state index contributed by atoms with van der Waals surface area (Å²) in [6.45, 7) is 2.14. The van der Waals surface area contributed by atoms with Gasteiger partial charge in [0.05, 0.1) is 17.4 Å². The topological polar surface area (TPSA) is 65.9 Å². The van der Waals surface area contributed by atoms with Crippen LogP contribution in [0.3, 0.4) is 0 Å². The number of aromatic nitrogens is 1. The number of rotatable bonds is 5. The van der Waals surface area contributed by atoms with Gasteiger partial charge in [-0.25, -0.2) is 4.98 Å². The molecule has 0 aromatic carbocycles. The van der Waals surface area contributed by atoms with Gasteiger partial charge in [0.1, 0.15) is 11.9 Å². The van der Waals surface area contributed by atoms with Crippen molar-refractivity contribution in [3.8, 4) is 6.07 Å². The highest BCUT2D eigenvalue weighted by Crippen LogP contribution is 2.22. The van der Waals surface area contributed by atoms with Crippen LogP contribution in [0.25, 0.3) is 0 Å². The highest BCUT2D eigenvalue weighted by Gasteiger charge is 2.17. The van der Waals surface area contributed by atoms with Gasteiger partial charge in [0.2, 0.25) is 0 Å². The zero-order chi connectivity index (χ0) is 12.8. The molecule has 92 valence electrons. The SMILES string of the molecule is CCC(CSC)N(C)c1ncc(N)cc1C#N. The number of nitriles is 1. The largest absolute Gasteiger partial charge is 0.397 e. The minimum Gasteiger partial charge on any atom is -0.397 e. The number of hydrogen-bond donors (Lipinski definition) is 1. The number of anilines is 2. The van der Waals surface area contributed by atoms with Gasteiger partial charge in [0.25, 0.3) is 0 Å². The Bertz CT molecular complexity index is 413. The zero-order valence-corrected chi connectivity index (χ0v) is 11.3. The summed E-state index contributed by atoms with van der Waals surface area (Å²) >= 11 is 1.80. The van der Waals surface area contributed by atoms with Gasteiger partial charge in [-0.15, -0.1) is 0 Å². The molecule has 0 saturated carbocycles. The van der Waals surface area contributed by atoms with Gasteiger partial charge < -0.3 is 10.6 Å². The summed E-state index contributed by atoms with van der Waals surface area (Å²) in [5, 5.41) is 9.10. The van der Waals surface area contributed by atoms with Crippen molar-refractivity contribution in [3.63, 3.8) is 0 Å². The molecule has 17 heavy (non-hydrogen) atoms. The van der Waals surface area contributed by atoms with Crippen LogP contribution >= 0.6 is 11.8 Å². The molecule has 0 aliphatic heterocycles. The Labute approximate surface area is 107 Å². The van der Waals surface area contributed by atoms with E-state index in [4.69, 9.17) is 11.0 Å². The highest BCUT2D eigenvalue weighted by atomic mass is 32.2. The second kappa shape index (κ2) is 6.36. The monoisotopic (exact) mass is 250 g/mol. The first-order valence-electron chi connectivity index (χ1n) is 5.51. The molecule has 1 rings (SSSR count). The fourth-order valence-electron chi connectivity index (χ4n) is 1.71. The lowest BCUT2D eigenvalue weighted by atomic mass is 10.2. The second-order valence-corrected chi connectivity index (χ2v) is 4.79. The lowest BCUT2D eigenvalue weighted by molar-refractivity contribution is 0.665. The Morgan fingerprint density at radius 3 is 2.88 bits per heavy atom. The molecule has 1 heterocycles. The van der Waals surface area contributed by atoms with Crippen molar-refractivity contribution in [2.24, 2.45) is 0 Å². The van der Waals surface area contributed by atoms with Crippen LogP contribution in [0, 0.1) is 11.3 Å². The minimum absolute atomic E-state index is 0.383. The van der Waals surface area contributed by atoms with Crippen molar-refractivity contribution in [2.45, 2.75) is 19.4 Å². The van der Waals surface area contributed by atoms with E-state index in [2.05, 4.69) is 29.1 Å². The molecule has 0 fully saturated rings. The van der Waals surface area contributed by atoms with Gasteiger partial charge in [-0.05, 0) is 18.7 Å². The van der Waals surface area contributed by atoms with Gasteiger partial charge >= 0.3 is 0 Å². The first-order valence-corrected chi connectivity index (χ1v) is 6.90. The average Bonchev–Trinajstić information content (AvgIpc) is 2.34. The van der Waals surface area contributed by atoms with Crippen LogP contribution in [0.2, 0.25) is 0 Å². The molecular weight excluding hydrogens is 232 g/mol. The Morgan fingerprint density at radius 1 is 1.65 bits per heavy atom. The fourth-order valence-corrected chi connectivity index (χ4v) is 2.55. The Hall–Kier alpha value is -1.41. The van der Waals surface area contributed by atoms with E-state index in [0.29, 0.717) is 23.1 Å². The van der Waals surface area contributed by atoms with Crippen molar-refractivity contribution >= 4 is 23.3 Å². The van der Waals surface area contributed by atoms with Crippen LogP contribution in [0.1, 0.15) is 18.9 Å². The van der Waals surface area contributed by atoms with Crippen LogP contribution in [0.15, 0.2) is 12.3 Å². The van der Waals surface area contributed by atoms with Crippen LogP contribution in [-0.2, 0) is 0 Å². The summed E-state index contributed by atoms with van der Waals surface area (Å²) in [6, 6.07) is 4.20. The minimum atomic E-state index is 0.383. The summed E-state index contributed by atoms with van der Waals surface area (Å²) in [5.74, 6) is 1.73. The first kappa shape index (κ1) is 13.7. The lowest BCUT2D eigenvalue weighted by Gasteiger charge is -2.28. The smallest absolute Gasteiger partial charge is 0.146 e. The van der Waals surface area contributed by atoms with E-state index in [9.17, 15) is 0 Å². The molecule has 1 atom stereocenters. The molecule has 1 unspecified atom stereocenters. The fraction of sp³-hybridized carbons (Fsp3) is 0.500. The van der Waals surface area contributed by atoms with Gasteiger partial charge in [-0.2, -0.15) is 17.0 Å². The van der Waals surface area contributed by atoms with Gasteiger partial charge in [-0.1, -0.05) is 6.92 Å². The molecule has 0 radical (unpaired) electrons. The number of pyridine rings is 1. The second-order valence-electron chi connectivity index (χ2n) is 3.88. The summed E-state index contributed by atoms with van der Waals surface area (Å²) < 4.78 is 0. The highest BCUT2D eigenvalue weighted by molar-refractivity contribution is 7.98. The molecular formula is C12H18N4S. The Balaban J connectivity index is 3.02. The van der Waals surface area contributed by atoms with E-state index in [1.54, 1.807) is 24.0 Å². The van der Waals surface area contributed by atoms with E-state index < -0.39 is 0 Å². The van der Waals surface area contributed by atoms with Crippen LogP contribution in [-0.4, -0.2) is 30.1 Å². The maximum atomic E-state index is 9.10. The molecule has 0 aliphatic carbocycles. The number of nitrogens with two attached hydrogens (primary N) is 1. The van der Waals surface area contributed by atoms with E-state index >= 15 is 0 Å². The van der Waals surface area contributed by atoms with Crippen molar-refractivity contribution in [2.75, 3.05) is 29.7 Å². The first-order chi connectivity index (χ1) is 8.13. The quantitative estimate of drug-likeness (QED) is 0.867. The van der Waals surface area contributed by atoms with E-state index in [-0.39, 0.29) is 0 Å². The third-order valence-corrected chi connectivity index (χ3v) is 3.44. The predicted octanol–water partition coefficient (Wildman–Crippen LogP) is 2.11. The molecule has 2 N–H and O–H groups in total. The maximum absolute atomic E-state index is 9.10. The molecule has 0 aliphatic rings. The van der Waals surface area contributed by atoms with E-state index in [1.165, 1.54) is 0 Å². The van der Waals surface area contributed by atoms with Crippen LogP contribution in [0.4, 0.5) is 11.5 Å². The van der Waals surface area contributed by atoms with Crippen molar-refractivity contribution < 1.29 is 0 Å². The number of nitrogen functional groups attached to an aromatic ring is 1. The average molecular weight is 250 g/mol. The van der Waals surface area contributed by atoms with Crippen LogP contribution in [0.5, 0.6) is 0 Å². The van der Waals surface area contributed by atoms with Gasteiger partial charge in [0.15, 0.2) is 0 Å². The van der Waals surface area contributed by atoms with Gasteiger partial charge in [0, 0.05) is 18.8 Å². The molecule has 0 amide bonds. The number of thioether (sulfide) groups is 1. The maximum Gasteiger partial charge on any atom is 0.146 e. The van der Waals surface area contributed by atoms with Crippen molar-refractivity contribution in [3.05, 3.63) is 17.8 Å². The van der Waals surface area contributed by atoms with E-state index in [1.807, 2.05) is 7.05 Å². The number of hydrogen-bond acceptors (Lipinski definition) is 5. The van der Waals surface area contributed by atoms with Crippen molar-refractivity contribution in [1.29, 1.82) is 5.26 Å². The standard InChI is InChI=1S/C12H18N4S/c1-4-11(8-17-3)16(2)12-9(6-13)5-10(14)7-15-12/h5,7,11H,4,8,14H2,1-3H3. The van der Waals surface area contributed by atoms with E-state index in [0.717, 1.165) is 12.2 Å². The third kappa shape index (κ3) is 3.27. The Morgan fingerprint density at radius 2 is 2.35 bits per heavy atom. The normalized spacial score (nSPS) is 11.9.